The van der Waals surface area contributed by atoms with Gasteiger partial charge in [-0.05, 0) is 44.0 Å². The van der Waals surface area contributed by atoms with Crippen LogP contribution < -0.4 is 9.54 Å². The number of carbonyl (C=O) groups excluding carboxylic acids is 1. The maximum absolute atomic E-state index is 13.0. The predicted octanol–water partition coefficient (Wildman–Crippen LogP) is 3.26. The van der Waals surface area contributed by atoms with E-state index in [0.29, 0.717) is 30.7 Å². The first-order chi connectivity index (χ1) is 15.0. The molecule has 31 heavy (non-hydrogen) atoms. The summed E-state index contributed by atoms with van der Waals surface area (Å²) in [5.74, 6) is 0.00707. The molecule has 1 fully saturated rings. The second-order valence-corrected chi connectivity index (χ2v) is 10.3. The molecule has 7 nitrogen and oxygen atoms in total. The van der Waals surface area contributed by atoms with Crippen LogP contribution in [0.1, 0.15) is 19.8 Å². The van der Waals surface area contributed by atoms with E-state index in [2.05, 4.69) is 4.99 Å². The first kappa shape index (κ1) is 21.7. The Morgan fingerprint density at radius 1 is 1.19 bits per heavy atom. The molecule has 0 aliphatic carbocycles. The van der Waals surface area contributed by atoms with E-state index in [0.717, 1.165) is 16.0 Å². The Morgan fingerprint density at radius 3 is 2.68 bits per heavy atom. The van der Waals surface area contributed by atoms with E-state index in [1.54, 1.807) is 37.4 Å². The molecular weight excluding hydrogens is 434 g/mol. The molecule has 0 saturated carbocycles. The first-order valence-electron chi connectivity index (χ1n) is 10.3. The summed E-state index contributed by atoms with van der Waals surface area (Å²) in [6.07, 6.45) is 1.26. The molecule has 1 aliphatic heterocycles. The van der Waals surface area contributed by atoms with Crippen molar-refractivity contribution in [2.45, 2.75) is 31.2 Å². The summed E-state index contributed by atoms with van der Waals surface area (Å²) >= 11 is 1.44. The van der Waals surface area contributed by atoms with Crippen LogP contribution in [0.4, 0.5) is 0 Å². The van der Waals surface area contributed by atoms with Gasteiger partial charge in [-0.15, -0.1) is 0 Å². The lowest BCUT2D eigenvalue weighted by Crippen LogP contribution is -2.42. The number of hydrogen-bond acceptors (Lipinski definition) is 5. The van der Waals surface area contributed by atoms with E-state index in [1.165, 1.54) is 15.6 Å². The highest BCUT2D eigenvalue weighted by Gasteiger charge is 2.33. The van der Waals surface area contributed by atoms with E-state index < -0.39 is 15.9 Å². The van der Waals surface area contributed by atoms with Crippen LogP contribution in [-0.4, -0.2) is 43.4 Å². The van der Waals surface area contributed by atoms with Crippen molar-refractivity contribution in [2.24, 2.45) is 10.9 Å². The van der Waals surface area contributed by atoms with Crippen LogP contribution in [0.25, 0.3) is 10.2 Å². The lowest BCUT2D eigenvalue weighted by molar-refractivity contribution is -0.122. The fourth-order valence-corrected chi connectivity index (χ4v) is 6.59. The average molecular weight is 460 g/mol. The highest BCUT2D eigenvalue weighted by molar-refractivity contribution is 7.89. The quantitative estimate of drug-likeness (QED) is 0.587. The van der Waals surface area contributed by atoms with Crippen LogP contribution >= 0.6 is 11.3 Å². The molecule has 1 aromatic heterocycles. The van der Waals surface area contributed by atoms with Crippen LogP contribution in [0.3, 0.4) is 0 Å². The smallest absolute Gasteiger partial charge is 0.252 e. The number of fused-ring (bicyclic) bond motifs is 1. The molecule has 1 unspecified atom stereocenters. The Kier molecular flexibility index (Phi) is 6.27. The maximum Gasteiger partial charge on any atom is 0.252 e. The number of benzene rings is 2. The van der Waals surface area contributed by atoms with E-state index >= 15 is 0 Å². The molecule has 1 amide bonds. The van der Waals surface area contributed by atoms with Gasteiger partial charge in [0.25, 0.3) is 5.91 Å². The van der Waals surface area contributed by atoms with Gasteiger partial charge in [-0.25, -0.2) is 8.42 Å². The third kappa shape index (κ3) is 4.17. The first-order valence-corrected chi connectivity index (χ1v) is 12.5. The van der Waals surface area contributed by atoms with Crippen LogP contribution in [0.5, 0.6) is 5.75 Å². The second kappa shape index (κ2) is 8.94. The van der Waals surface area contributed by atoms with Crippen molar-refractivity contribution in [1.29, 1.82) is 0 Å². The van der Waals surface area contributed by atoms with E-state index in [-0.39, 0.29) is 17.3 Å². The topological polar surface area (TPSA) is 81.0 Å². The van der Waals surface area contributed by atoms with Crippen molar-refractivity contribution in [3.05, 3.63) is 53.3 Å². The summed E-state index contributed by atoms with van der Waals surface area (Å²) in [4.78, 5) is 18.3. The SMILES string of the molecule is CCn1c(=NC(=O)C2CCCN(S(=O)(=O)c3ccccc3)C2)sc2cccc(OC)c21. The standard InChI is InChI=1S/C22H25N3O4S2/c1-3-25-20-18(29-2)12-7-13-19(20)30-22(25)23-21(26)16-9-8-14-24(15-16)31(27,28)17-10-5-4-6-11-17/h4-7,10-13,16H,3,8-9,14-15H2,1-2H3. The van der Waals surface area contributed by atoms with Gasteiger partial charge in [0.2, 0.25) is 10.0 Å². The van der Waals surface area contributed by atoms with Crippen LogP contribution in [0.15, 0.2) is 58.4 Å². The van der Waals surface area contributed by atoms with Gasteiger partial charge in [0, 0.05) is 19.6 Å². The Morgan fingerprint density at radius 2 is 1.97 bits per heavy atom. The van der Waals surface area contributed by atoms with Crippen molar-refractivity contribution in [1.82, 2.24) is 8.87 Å². The summed E-state index contributed by atoms with van der Waals surface area (Å²) in [6.45, 7) is 3.21. The molecule has 1 aliphatic rings. The molecule has 0 radical (unpaired) electrons. The lowest BCUT2D eigenvalue weighted by atomic mass is 9.99. The molecule has 4 rings (SSSR count). The van der Waals surface area contributed by atoms with Gasteiger partial charge < -0.3 is 9.30 Å². The van der Waals surface area contributed by atoms with Gasteiger partial charge in [0.05, 0.1) is 22.6 Å². The molecule has 0 N–H and O–H groups in total. The van der Waals surface area contributed by atoms with E-state index in [1.807, 2.05) is 29.7 Å². The average Bonchev–Trinajstić information content (AvgIpc) is 3.16. The third-order valence-corrected chi connectivity index (χ3v) is 8.44. The summed E-state index contributed by atoms with van der Waals surface area (Å²) in [5, 5.41) is 0. The molecule has 1 atom stereocenters. The molecule has 1 saturated heterocycles. The molecule has 0 spiro atoms. The number of hydrogen-bond donors (Lipinski definition) is 0. The zero-order valence-electron chi connectivity index (χ0n) is 17.5. The second-order valence-electron chi connectivity index (χ2n) is 7.40. The van der Waals surface area contributed by atoms with Crippen molar-refractivity contribution in [3.63, 3.8) is 0 Å². The molecule has 0 bridgehead atoms. The number of para-hydroxylation sites is 1. The molecule has 2 aromatic carbocycles. The van der Waals surface area contributed by atoms with Gasteiger partial charge in [-0.3, -0.25) is 4.79 Å². The lowest BCUT2D eigenvalue weighted by Gasteiger charge is -2.30. The van der Waals surface area contributed by atoms with Crippen molar-refractivity contribution < 1.29 is 17.9 Å². The minimum atomic E-state index is -3.62. The molecule has 9 heteroatoms. The predicted molar refractivity (Wildman–Crippen MR) is 121 cm³/mol. The molecule has 3 aromatic rings. The fourth-order valence-electron chi connectivity index (χ4n) is 3.93. The zero-order valence-corrected chi connectivity index (χ0v) is 19.2. The largest absolute Gasteiger partial charge is 0.495 e. The van der Waals surface area contributed by atoms with Gasteiger partial charge in [0.15, 0.2) is 4.80 Å². The number of methoxy groups -OCH3 is 1. The maximum atomic E-state index is 13.0. The number of piperidine rings is 1. The number of nitrogens with zero attached hydrogens (tertiary/aromatic N) is 3. The Balaban J connectivity index is 1.64. The van der Waals surface area contributed by atoms with Gasteiger partial charge in [0.1, 0.15) is 11.3 Å². The Bertz CT molecular complexity index is 1260. The zero-order chi connectivity index (χ0) is 22.0. The van der Waals surface area contributed by atoms with Gasteiger partial charge in [-0.1, -0.05) is 35.6 Å². The monoisotopic (exact) mass is 459 g/mol. The van der Waals surface area contributed by atoms with Crippen LogP contribution in [0, 0.1) is 5.92 Å². The minimum absolute atomic E-state index is 0.153. The Labute approximate surface area is 185 Å². The number of carbonyl (C=O) groups is 1. The fraction of sp³-hybridized carbons (Fsp3) is 0.364. The number of amides is 1. The summed E-state index contributed by atoms with van der Waals surface area (Å²) in [6, 6.07) is 14.1. The van der Waals surface area contributed by atoms with E-state index in [9.17, 15) is 13.2 Å². The van der Waals surface area contributed by atoms with Gasteiger partial charge in [-0.2, -0.15) is 9.30 Å². The minimum Gasteiger partial charge on any atom is -0.495 e. The summed E-state index contributed by atoms with van der Waals surface area (Å²) in [5.41, 5.74) is 0.918. The Hall–Kier alpha value is -2.49. The number of thiazole rings is 1. The van der Waals surface area contributed by atoms with Gasteiger partial charge >= 0.3 is 0 Å². The molecular formula is C22H25N3O4S2. The number of ether oxygens (including phenoxy) is 1. The third-order valence-electron chi connectivity index (χ3n) is 5.52. The normalized spacial score (nSPS) is 18.4. The van der Waals surface area contributed by atoms with Crippen molar-refractivity contribution >= 4 is 37.5 Å². The molecule has 2 heterocycles. The van der Waals surface area contributed by atoms with Crippen molar-refractivity contribution in [3.8, 4) is 5.75 Å². The van der Waals surface area contributed by atoms with E-state index in [4.69, 9.17) is 4.74 Å². The highest BCUT2D eigenvalue weighted by atomic mass is 32.2. The number of aromatic nitrogens is 1. The van der Waals surface area contributed by atoms with Crippen LogP contribution in [0.2, 0.25) is 0 Å². The number of rotatable bonds is 5. The van der Waals surface area contributed by atoms with Crippen molar-refractivity contribution in [2.75, 3.05) is 20.2 Å². The summed E-state index contributed by atoms with van der Waals surface area (Å²) in [7, 11) is -2.00. The highest BCUT2D eigenvalue weighted by Crippen LogP contribution is 2.28. The molecule has 164 valence electrons. The number of aryl methyl sites for hydroxylation is 1. The van der Waals surface area contributed by atoms with Crippen LogP contribution in [-0.2, 0) is 21.4 Å². The number of sulfonamides is 1. The summed E-state index contributed by atoms with van der Waals surface area (Å²) < 4.78 is 35.8.